The maximum atomic E-state index is 14.1. The Morgan fingerprint density at radius 3 is 2.53 bits per heavy atom. The smallest absolute Gasteiger partial charge is 0.132 e. The van der Waals surface area contributed by atoms with E-state index in [9.17, 15) is 14.0 Å². The Bertz CT molecular complexity index is 1140. The van der Waals surface area contributed by atoms with Crippen LogP contribution in [0.5, 0.6) is 0 Å². The molecule has 2 aliphatic rings. The standard InChI is InChI=1S/C25H25F2N5/c26-19-5-8-23(27)22(15-19)24-9-10-32(29-24)21-7-6-20(16-21)30-11-13-31(14-12-30)25-4-2-1-3-18(25)17-28/h1-5,8-10,15,20-21H,6-7,11-14,16H2/t20-,21-/m0/s1. The van der Waals surface area contributed by atoms with E-state index in [1.165, 1.54) is 6.07 Å². The van der Waals surface area contributed by atoms with E-state index in [2.05, 4.69) is 21.0 Å². The van der Waals surface area contributed by atoms with Crippen LogP contribution in [0, 0.1) is 23.0 Å². The van der Waals surface area contributed by atoms with Crippen molar-refractivity contribution < 1.29 is 8.78 Å². The average molecular weight is 434 g/mol. The van der Waals surface area contributed by atoms with E-state index in [0.717, 1.165) is 68.8 Å². The Morgan fingerprint density at radius 2 is 1.72 bits per heavy atom. The lowest BCUT2D eigenvalue weighted by Gasteiger charge is -2.39. The highest BCUT2D eigenvalue weighted by Crippen LogP contribution is 2.34. The van der Waals surface area contributed by atoms with Crippen LogP contribution >= 0.6 is 0 Å². The summed E-state index contributed by atoms with van der Waals surface area (Å²) in [5.41, 5.74) is 2.42. The minimum atomic E-state index is -0.464. The molecule has 1 aliphatic carbocycles. The Hall–Kier alpha value is -3.24. The Morgan fingerprint density at radius 1 is 0.938 bits per heavy atom. The molecule has 2 heterocycles. The number of nitrogens with zero attached hydrogens (tertiary/aromatic N) is 5. The topological polar surface area (TPSA) is 48.1 Å². The highest BCUT2D eigenvalue weighted by molar-refractivity contribution is 5.60. The van der Waals surface area contributed by atoms with Gasteiger partial charge in [0.05, 0.1) is 23.0 Å². The van der Waals surface area contributed by atoms with Crippen molar-refractivity contribution in [2.75, 3.05) is 31.1 Å². The van der Waals surface area contributed by atoms with Crippen LogP contribution in [-0.4, -0.2) is 46.9 Å². The summed E-state index contributed by atoms with van der Waals surface area (Å²) < 4.78 is 29.6. The third-order valence-corrected chi connectivity index (χ3v) is 6.76. The number of hydrogen-bond acceptors (Lipinski definition) is 4. The summed E-state index contributed by atoms with van der Waals surface area (Å²) in [4.78, 5) is 4.84. The molecule has 0 N–H and O–H groups in total. The molecular weight excluding hydrogens is 408 g/mol. The minimum Gasteiger partial charge on any atom is -0.368 e. The summed E-state index contributed by atoms with van der Waals surface area (Å²) in [6, 6.07) is 16.1. The first kappa shape index (κ1) is 20.7. The second-order valence-electron chi connectivity index (χ2n) is 8.58. The molecule has 0 spiro atoms. The molecule has 1 saturated carbocycles. The number of para-hydroxylation sites is 1. The number of hydrogen-bond donors (Lipinski definition) is 0. The van der Waals surface area contributed by atoms with Gasteiger partial charge < -0.3 is 4.90 Å². The van der Waals surface area contributed by atoms with Gasteiger partial charge in [-0.15, -0.1) is 0 Å². The molecule has 164 valence electrons. The molecule has 1 aromatic heterocycles. The van der Waals surface area contributed by atoms with Gasteiger partial charge in [0.1, 0.15) is 17.7 Å². The number of benzene rings is 2. The Kier molecular flexibility index (Phi) is 5.62. The summed E-state index contributed by atoms with van der Waals surface area (Å²) in [5, 5.41) is 13.9. The van der Waals surface area contributed by atoms with Crippen molar-refractivity contribution in [2.24, 2.45) is 0 Å². The lowest BCUT2D eigenvalue weighted by Crippen LogP contribution is -2.50. The zero-order chi connectivity index (χ0) is 22.1. The fourth-order valence-corrected chi connectivity index (χ4v) is 5.06. The van der Waals surface area contributed by atoms with Crippen LogP contribution < -0.4 is 4.90 Å². The maximum absolute atomic E-state index is 14.1. The monoisotopic (exact) mass is 433 g/mol. The highest BCUT2D eigenvalue weighted by Gasteiger charge is 2.32. The van der Waals surface area contributed by atoms with Crippen molar-refractivity contribution in [2.45, 2.75) is 31.3 Å². The molecule has 7 heteroatoms. The lowest BCUT2D eigenvalue weighted by molar-refractivity contribution is 0.183. The lowest BCUT2D eigenvalue weighted by atomic mass is 10.1. The summed E-state index contributed by atoms with van der Waals surface area (Å²) in [6.45, 7) is 3.75. The number of piperazine rings is 1. The van der Waals surface area contributed by atoms with Crippen molar-refractivity contribution in [3.05, 3.63) is 71.9 Å². The third kappa shape index (κ3) is 3.98. The van der Waals surface area contributed by atoms with Gasteiger partial charge in [0.2, 0.25) is 0 Å². The fraction of sp³-hybridized carbons (Fsp3) is 0.360. The van der Waals surface area contributed by atoms with E-state index in [0.29, 0.717) is 11.7 Å². The summed E-state index contributed by atoms with van der Waals surface area (Å²) in [6.07, 6.45) is 5.00. The molecule has 2 fully saturated rings. The summed E-state index contributed by atoms with van der Waals surface area (Å²) in [5.74, 6) is -0.926. The number of halogens is 2. The van der Waals surface area contributed by atoms with E-state index in [1.807, 2.05) is 35.1 Å². The van der Waals surface area contributed by atoms with Crippen molar-refractivity contribution in [3.63, 3.8) is 0 Å². The quantitative estimate of drug-likeness (QED) is 0.603. The SMILES string of the molecule is N#Cc1ccccc1N1CCN([C@H]2CC[C@H](n3ccc(-c4cc(F)ccc4F)n3)C2)CC1. The molecule has 32 heavy (non-hydrogen) atoms. The van der Waals surface area contributed by atoms with E-state index >= 15 is 0 Å². The summed E-state index contributed by atoms with van der Waals surface area (Å²) in [7, 11) is 0. The van der Waals surface area contributed by atoms with Gasteiger partial charge in [-0.3, -0.25) is 9.58 Å². The number of aromatic nitrogens is 2. The van der Waals surface area contributed by atoms with E-state index in [-0.39, 0.29) is 11.6 Å². The molecule has 5 nitrogen and oxygen atoms in total. The second-order valence-corrected chi connectivity index (χ2v) is 8.58. The van der Waals surface area contributed by atoms with Gasteiger partial charge >= 0.3 is 0 Å². The second kappa shape index (κ2) is 8.71. The van der Waals surface area contributed by atoms with Gasteiger partial charge in [-0.1, -0.05) is 12.1 Å². The predicted octanol–water partition coefficient (Wildman–Crippen LogP) is 4.62. The first-order valence-corrected chi connectivity index (χ1v) is 11.1. The molecule has 0 radical (unpaired) electrons. The average Bonchev–Trinajstić information content (AvgIpc) is 3.51. The Balaban J connectivity index is 1.21. The van der Waals surface area contributed by atoms with E-state index in [4.69, 9.17) is 0 Å². The van der Waals surface area contributed by atoms with Crippen molar-refractivity contribution in [3.8, 4) is 17.3 Å². The minimum absolute atomic E-state index is 0.201. The zero-order valence-corrected chi connectivity index (χ0v) is 17.8. The van der Waals surface area contributed by atoms with Crippen molar-refractivity contribution in [1.82, 2.24) is 14.7 Å². The van der Waals surface area contributed by atoms with E-state index < -0.39 is 11.6 Å². The van der Waals surface area contributed by atoms with Crippen molar-refractivity contribution >= 4 is 5.69 Å². The molecule has 5 rings (SSSR count). The maximum Gasteiger partial charge on any atom is 0.132 e. The number of rotatable bonds is 4. The largest absolute Gasteiger partial charge is 0.368 e. The molecule has 2 atom stereocenters. The first-order valence-electron chi connectivity index (χ1n) is 11.1. The molecule has 2 aromatic carbocycles. The molecule has 3 aromatic rings. The molecule has 1 saturated heterocycles. The van der Waals surface area contributed by atoms with Gasteiger partial charge in [0, 0.05) is 44.0 Å². The van der Waals surface area contributed by atoms with Gasteiger partial charge in [-0.05, 0) is 55.7 Å². The van der Waals surface area contributed by atoms with Gasteiger partial charge in [-0.25, -0.2) is 8.78 Å². The van der Waals surface area contributed by atoms with Crippen LogP contribution in [0.3, 0.4) is 0 Å². The number of anilines is 1. The zero-order valence-electron chi connectivity index (χ0n) is 17.8. The van der Waals surface area contributed by atoms with Crippen LogP contribution in [0.1, 0.15) is 30.9 Å². The van der Waals surface area contributed by atoms with Gasteiger partial charge in [0.15, 0.2) is 0 Å². The van der Waals surface area contributed by atoms with Crippen LogP contribution in [0.15, 0.2) is 54.7 Å². The third-order valence-electron chi connectivity index (χ3n) is 6.76. The number of nitriles is 1. The molecule has 0 unspecified atom stereocenters. The normalized spacial score (nSPS) is 21.6. The molecule has 0 amide bonds. The van der Waals surface area contributed by atoms with Gasteiger partial charge in [-0.2, -0.15) is 10.4 Å². The highest BCUT2D eigenvalue weighted by atomic mass is 19.1. The van der Waals surface area contributed by atoms with Crippen LogP contribution in [-0.2, 0) is 0 Å². The Labute approximate surface area is 186 Å². The molecule has 0 bridgehead atoms. The van der Waals surface area contributed by atoms with Gasteiger partial charge in [0.25, 0.3) is 0 Å². The van der Waals surface area contributed by atoms with E-state index in [1.54, 1.807) is 6.07 Å². The van der Waals surface area contributed by atoms with Crippen LogP contribution in [0.4, 0.5) is 14.5 Å². The fourth-order valence-electron chi connectivity index (χ4n) is 5.06. The molecular formula is C25H25F2N5. The van der Waals surface area contributed by atoms with Crippen LogP contribution in [0.25, 0.3) is 11.3 Å². The predicted molar refractivity (Wildman–Crippen MR) is 119 cm³/mol. The summed E-state index contributed by atoms with van der Waals surface area (Å²) >= 11 is 0. The molecule has 1 aliphatic heterocycles. The van der Waals surface area contributed by atoms with Crippen LogP contribution in [0.2, 0.25) is 0 Å². The van der Waals surface area contributed by atoms with Crippen molar-refractivity contribution in [1.29, 1.82) is 5.26 Å². The first-order chi connectivity index (χ1) is 15.6.